The molecule has 4 rings (SSSR count). The number of hydrogen-bond donors (Lipinski definition) is 1. The van der Waals surface area contributed by atoms with Crippen molar-refractivity contribution in [3.8, 4) is 0 Å². The predicted molar refractivity (Wildman–Crippen MR) is 91.9 cm³/mol. The van der Waals surface area contributed by atoms with Crippen LogP contribution in [0.4, 0.5) is 0 Å². The number of H-pyrrole nitrogens is 1. The molecule has 0 fully saturated rings. The summed E-state index contributed by atoms with van der Waals surface area (Å²) in [6.07, 6.45) is 0. The molecule has 2 aromatic carbocycles. The van der Waals surface area contributed by atoms with E-state index in [1.54, 1.807) is 24.3 Å². The van der Waals surface area contributed by atoms with E-state index in [9.17, 15) is 14.4 Å². The second-order valence-corrected chi connectivity index (χ2v) is 6.30. The first kappa shape index (κ1) is 14.6. The van der Waals surface area contributed by atoms with Crippen molar-refractivity contribution < 1.29 is 9.59 Å². The van der Waals surface area contributed by atoms with Crippen LogP contribution in [0.1, 0.15) is 43.5 Å². The summed E-state index contributed by atoms with van der Waals surface area (Å²) in [5.74, 6) is -1.44. The molecule has 0 saturated carbocycles. The summed E-state index contributed by atoms with van der Waals surface area (Å²) < 4.78 is 0. The number of rotatable bonds is 1. The summed E-state index contributed by atoms with van der Waals surface area (Å²) in [5.41, 5.74) is 3.48. The Morgan fingerprint density at radius 3 is 2.46 bits per heavy atom. The molecule has 1 aliphatic carbocycles. The standard InChI is InChI=1S/C20H15NO3/c1-10-7-11(2)17-13(8-10)19(23)18(20(17)24)15-9-16(22)12-5-3-4-6-14(12)21-15/h3-9,18H,1-2H3,(H,21,22). The second kappa shape index (κ2) is 4.99. The monoisotopic (exact) mass is 317 g/mol. The van der Waals surface area contributed by atoms with Gasteiger partial charge in [-0.1, -0.05) is 23.8 Å². The summed E-state index contributed by atoms with van der Waals surface area (Å²) in [6.45, 7) is 3.73. The van der Waals surface area contributed by atoms with Crippen molar-refractivity contribution in [1.82, 2.24) is 4.98 Å². The van der Waals surface area contributed by atoms with Gasteiger partial charge in [0.25, 0.3) is 0 Å². The summed E-state index contributed by atoms with van der Waals surface area (Å²) >= 11 is 0. The number of fused-ring (bicyclic) bond motifs is 2. The van der Waals surface area contributed by atoms with Gasteiger partial charge < -0.3 is 4.98 Å². The first-order valence-electron chi connectivity index (χ1n) is 7.79. The molecule has 0 spiro atoms. The van der Waals surface area contributed by atoms with Crippen LogP contribution in [0.2, 0.25) is 0 Å². The zero-order chi connectivity index (χ0) is 17.0. The maximum atomic E-state index is 12.8. The number of nitrogens with one attached hydrogen (secondary N) is 1. The molecular formula is C20H15NO3. The molecule has 4 nitrogen and oxygen atoms in total. The van der Waals surface area contributed by atoms with Crippen molar-refractivity contribution in [2.75, 3.05) is 0 Å². The number of Topliss-reactive ketones (excluding diaryl/α,β-unsaturated/α-hetero) is 2. The van der Waals surface area contributed by atoms with Gasteiger partial charge in [0.1, 0.15) is 5.92 Å². The maximum Gasteiger partial charge on any atom is 0.189 e. The van der Waals surface area contributed by atoms with Crippen LogP contribution in [-0.2, 0) is 0 Å². The third-order valence-electron chi connectivity index (χ3n) is 4.59. The van der Waals surface area contributed by atoms with Gasteiger partial charge in [-0.2, -0.15) is 0 Å². The van der Waals surface area contributed by atoms with Gasteiger partial charge in [0.05, 0.1) is 0 Å². The minimum Gasteiger partial charge on any atom is -0.357 e. The van der Waals surface area contributed by atoms with E-state index in [1.165, 1.54) is 6.07 Å². The molecule has 24 heavy (non-hydrogen) atoms. The van der Waals surface area contributed by atoms with Crippen LogP contribution in [-0.4, -0.2) is 16.6 Å². The van der Waals surface area contributed by atoms with E-state index >= 15 is 0 Å². The highest BCUT2D eigenvalue weighted by Crippen LogP contribution is 2.35. The lowest BCUT2D eigenvalue weighted by Gasteiger charge is -2.09. The number of aromatic amines is 1. The Hall–Kier alpha value is -3.01. The molecule has 0 amide bonds. The van der Waals surface area contributed by atoms with Gasteiger partial charge in [0.15, 0.2) is 17.0 Å². The van der Waals surface area contributed by atoms with Crippen LogP contribution in [0.5, 0.6) is 0 Å². The van der Waals surface area contributed by atoms with Crippen LogP contribution in [0.15, 0.2) is 47.3 Å². The first-order chi connectivity index (χ1) is 11.5. The van der Waals surface area contributed by atoms with Crippen molar-refractivity contribution in [3.05, 3.63) is 80.6 Å². The molecule has 1 aromatic heterocycles. The van der Waals surface area contributed by atoms with Crippen LogP contribution in [0.25, 0.3) is 10.9 Å². The highest BCUT2D eigenvalue weighted by molar-refractivity contribution is 6.30. The van der Waals surface area contributed by atoms with Gasteiger partial charge >= 0.3 is 0 Å². The number of pyridine rings is 1. The van der Waals surface area contributed by atoms with E-state index in [4.69, 9.17) is 0 Å². The molecule has 0 bridgehead atoms. The van der Waals surface area contributed by atoms with Crippen LogP contribution < -0.4 is 5.43 Å². The van der Waals surface area contributed by atoms with Gasteiger partial charge in [-0.25, -0.2) is 0 Å². The number of aryl methyl sites for hydroxylation is 2. The van der Waals surface area contributed by atoms with Gasteiger partial charge in [0.2, 0.25) is 0 Å². The number of carbonyl (C=O) groups excluding carboxylic acids is 2. The summed E-state index contributed by atoms with van der Waals surface area (Å²) in [5, 5.41) is 0.545. The van der Waals surface area contributed by atoms with Crippen molar-refractivity contribution in [2.24, 2.45) is 0 Å². The molecular weight excluding hydrogens is 302 g/mol. The van der Waals surface area contributed by atoms with Gasteiger partial charge in [-0.3, -0.25) is 14.4 Å². The summed E-state index contributed by atoms with van der Waals surface area (Å²) in [4.78, 5) is 41.1. The van der Waals surface area contributed by atoms with Crippen molar-refractivity contribution in [2.45, 2.75) is 19.8 Å². The fraction of sp³-hybridized carbons (Fsp3) is 0.150. The van der Waals surface area contributed by atoms with E-state index in [0.717, 1.165) is 11.1 Å². The van der Waals surface area contributed by atoms with Crippen molar-refractivity contribution in [3.63, 3.8) is 0 Å². The minimum absolute atomic E-state index is 0.191. The van der Waals surface area contributed by atoms with Gasteiger partial charge in [-0.05, 0) is 37.6 Å². The van der Waals surface area contributed by atoms with E-state index in [-0.39, 0.29) is 17.0 Å². The maximum absolute atomic E-state index is 12.8. The number of ketones is 2. The molecule has 1 unspecified atom stereocenters. The van der Waals surface area contributed by atoms with E-state index in [0.29, 0.717) is 27.7 Å². The van der Waals surface area contributed by atoms with Crippen LogP contribution in [0.3, 0.4) is 0 Å². The normalized spacial score (nSPS) is 16.7. The Balaban J connectivity index is 1.93. The summed E-state index contributed by atoms with van der Waals surface area (Å²) in [6, 6.07) is 12.1. The Morgan fingerprint density at radius 1 is 0.917 bits per heavy atom. The number of hydrogen-bond acceptors (Lipinski definition) is 3. The molecule has 118 valence electrons. The Kier molecular flexibility index (Phi) is 3.03. The first-order valence-corrected chi connectivity index (χ1v) is 7.79. The molecule has 4 heteroatoms. The van der Waals surface area contributed by atoms with Crippen molar-refractivity contribution in [1.29, 1.82) is 0 Å². The summed E-state index contributed by atoms with van der Waals surface area (Å²) in [7, 11) is 0. The Morgan fingerprint density at radius 2 is 1.67 bits per heavy atom. The molecule has 0 aliphatic heterocycles. The van der Waals surface area contributed by atoms with E-state index in [2.05, 4.69) is 4.98 Å². The lowest BCUT2D eigenvalue weighted by atomic mass is 9.97. The highest BCUT2D eigenvalue weighted by Gasteiger charge is 2.41. The van der Waals surface area contributed by atoms with Gasteiger partial charge in [0, 0.05) is 33.8 Å². The fourth-order valence-electron chi connectivity index (χ4n) is 3.56. The third kappa shape index (κ3) is 1.96. The predicted octanol–water partition coefficient (Wildman–Crippen LogP) is 3.31. The molecule has 3 aromatic rings. The minimum atomic E-state index is -0.960. The average Bonchev–Trinajstić information content (AvgIpc) is 2.78. The Bertz CT molecular complexity index is 1090. The topological polar surface area (TPSA) is 67.0 Å². The highest BCUT2D eigenvalue weighted by atomic mass is 16.2. The molecule has 1 aliphatic rings. The van der Waals surface area contributed by atoms with Crippen molar-refractivity contribution >= 4 is 22.5 Å². The number of para-hydroxylation sites is 1. The quantitative estimate of drug-likeness (QED) is 0.700. The lowest BCUT2D eigenvalue weighted by molar-refractivity contribution is 0.0888. The SMILES string of the molecule is Cc1cc(C)c2c(c1)C(=O)C(c1cc(=O)c3ccccc3[nH]1)C2=O. The van der Waals surface area contributed by atoms with E-state index in [1.807, 2.05) is 26.0 Å². The van der Waals surface area contributed by atoms with Crippen LogP contribution >= 0.6 is 0 Å². The average molecular weight is 317 g/mol. The molecule has 0 radical (unpaired) electrons. The molecule has 1 heterocycles. The molecule has 1 N–H and O–H groups in total. The fourth-order valence-corrected chi connectivity index (χ4v) is 3.56. The van der Waals surface area contributed by atoms with Gasteiger partial charge in [-0.15, -0.1) is 0 Å². The number of benzene rings is 2. The lowest BCUT2D eigenvalue weighted by Crippen LogP contribution is -2.17. The second-order valence-electron chi connectivity index (χ2n) is 6.30. The Labute approximate surface area is 138 Å². The number of aromatic nitrogens is 1. The van der Waals surface area contributed by atoms with Crippen LogP contribution in [0, 0.1) is 13.8 Å². The zero-order valence-corrected chi connectivity index (χ0v) is 13.3. The third-order valence-corrected chi connectivity index (χ3v) is 4.59. The smallest absolute Gasteiger partial charge is 0.189 e. The molecule has 0 saturated heterocycles. The van der Waals surface area contributed by atoms with E-state index < -0.39 is 5.92 Å². The number of carbonyl (C=O) groups is 2. The molecule has 1 atom stereocenters. The zero-order valence-electron chi connectivity index (χ0n) is 13.3. The largest absolute Gasteiger partial charge is 0.357 e.